The number of nitrogens with zero attached hydrogens (tertiary/aromatic N) is 1. The van der Waals surface area contributed by atoms with Crippen molar-refractivity contribution < 1.29 is 8.78 Å². The van der Waals surface area contributed by atoms with Gasteiger partial charge in [-0.15, -0.1) is 0 Å². The molecule has 0 radical (unpaired) electrons. The van der Waals surface area contributed by atoms with Crippen molar-refractivity contribution in [2.75, 3.05) is 0 Å². The van der Waals surface area contributed by atoms with Gasteiger partial charge >= 0.3 is 0 Å². The number of unbranched alkanes of at least 4 members (excludes halogenated alkanes) is 3. The van der Waals surface area contributed by atoms with E-state index in [4.69, 9.17) is 5.26 Å². The molecule has 0 saturated heterocycles. The molecule has 0 amide bonds. The van der Waals surface area contributed by atoms with Gasteiger partial charge in [-0.25, -0.2) is 8.78 Å². The molecule has 3 heteroatoms. The van der Waals surface area contributed by atoms with Crippen LogP contribution in [0.4, 0.5) is 8.78 Å². The Kier molecular flexibility index (Phi) is 8.91. The van der Waals surface area contributed by atoms with E-state index in [-0.39, 0.29) is 5.92 Å². The molecular weight excluding hydrogens is 376 g/mol. The first-order valence-electron chi connectivity index (χ1n) is 12.2. The highest BCUT2D eigenvalue weighted by Gasteiger charge is 2.24. The summed E-state index contributed by atoms with van der Waals surface area (Å²) < 4.78 is 27.9. The molecule has 1 aromatic rings. The quantitative estimate of drug-likeness (QED) is 0.310. The summed E-state index contributed by atoms with van der Waals surface area (Å²) in [5.41, 5.74) is 0.245. The van der Waals surface area contributed by atoms with Gasteiger partial charge in [0.25, 0.3) is 0 Å². The molecule has 0 atom stereocenters. The summed E-state index contributed by atoms with van der Waals surface area (Å²) in [5, 5.41) is 8.84. The molecule has 1 aromatic carbocycles. The Morgan fingerprint density at radius 1 is 0.867 bits per heavy atom. The van der Waals surface area contributed by atoms with E-state index < -0.39 is 17.2 Å². The first-order chi connectivity index (χ1) is 14.6. The fourth-order valence-electron chi connectivity index (χ4n) is 5.42. The molecule has 0 aromatic heterocycles. The van der Waals surface area contributed by atoms with E-state index in [1.165, 1.54) is 69.9 Å². The van der Waals surface area contributed by atoms with E-state index in [0.29, 0.717) is 11.5 Å². The van der Waals surface area contributed by atoms with Crippen LogP contribution in [0.2, 0.25) is 0 Å². The minimum Gasteiger partial charge on any atom is -0.205 e. The molecule has 0 unspecified atom stereocenters. The SMILES string of the molecule is CCCCCC[C@H]1CC[C@H](C=C[C@H]2CC[C@H](c3cc(F)c(C#N)c(F)c3)CC2)CC1. The minimum absolute atomic E-state index is 0.203. The van der Waals surface area contributed by atoms with Gasteiger partial charge in [-0.1, -0.05) is 51.2 Å². The third kappa shape index (κ3) is 6.40. The van der Waals surface area contributed by atoms with Gasteiger partial charge in [0.05, 0.1) is 0 Å². The van der Waals surface area contributed by atoms with E-state index >= 15 is 0 Å². The molecular formula is C27H37F2N. The summed E-state index contributed by atoms with van der Waals surface area (Å²) in [7, 11) is 0. The summed E-state index contributed by atoms with van der Waals surface area (Å²) in [5.74, 6) is 1.05. The van der Waals surface area contributed by atoms with Crippen LogP contribution in [0.25, 0.3) is 0 Å². The first-order valence-corrected chi connectivity index (χ1v) is 12.2. The molecule has 2 fully saturated rings. The number of allylic oxidation sites excluding steroid dienone is 2. The lowest BCUT2D eigenvalue weighted by Gasteiger charge is -2.29. The van der Waals surface area contributed by atoms with Crippen LogP contribution >= 0.6 is 0 Å². The van der Waals surface area contributed by atoms with Crippen molar-refractivity contribution in [3.63, 3.8) is 0 Å². The number of rotatable bonds is 8. The van der Waals surface area contributed by atoms with Crippen LogP contribution in [-0.2, 0) is 0 Å². The van der Waals surface area contributed by atoms with Crippen LogP contribution in [0.3, 0.4) is 0 Å². The Morgan fingerprint density at radius 2 is 1.43 bits per heavy atom. The van der Waals surface area contributed by atoms with Crippen molar-refractivity contribution in [1.82, 2.24) is 0 Å². The first kappa shape index (κ1) is 23.0. The lowest BCUT2D eigenvalue weighted by atomic mass is 9.76. The number of hydrogen-bond donors (Lipinski definition) is 0. The number of halogens is 2. The number of hydrogen-bond acceptors (Lipinski definition) is 1. The van der Waals surface area contributed by atoms with Crippen LogP contribution in [-0.4, -0.2) is 0 Å². The standard InChI is InChI=1S/C27H37F2N/c1-2-3-4-5-6-20-7-9-21(10-8-20)11-12-22-13-15-23(16-14-22)24-17-26(28)25(19-30)27(29)18-24/h11-12,17-18,20-23H,2-10,13-16H2,1H3/t20-,21-,22-,23-. The third-order valence-corrected chi connectivity index (χ3v) is 7.43. The highest BCUT2D eigenvalue weighted by Crippen LogP contribution is 2.38. The Hall–Kier alpha value is -1.69. The van der Waals surface area contributed by atoms with Gasteiger partial charge in [0.15, 0.2) is 0 Å². The molecule has 0 aliphatic heterocycles. The van der Waals surface area contributed by atoms with E-state index in [1.54, 1.807) is 6.07 Å². The highest BCUT2D eigenvalue weighted by molar-refractivity contribution is 5.36. The van der Waals surface area contributed by atoms with Crippen LogP contribution in [0.1, 0.15) is 107 Å². The van der Waals surface area contributed by atoms with Crippen molar-refractivity contribution in [3.8, 4) is 6.07 Å². The molecule has 1 nitrogen and oxygen atoms in total. The monoisotopic (exact) mass is 413 g/mol. The Bertz CT molecular complexity index is 709. The average Bonchev–Trinajstić information content (AvgIpc) is 2.76. The van der Waals surface area contributed by atoms with Crippen molar-refractivity contribution in [2.24, 2.45) is 17.8 Å². The lowest BCUT2D eigenvalue weighted by Crippen LogP contribution is -2.15. The van der Waals surface area contributed by atoms with Gasteiger partial charge < -0.3 is 0 Å². The van der Waals surface area contributed by atoms with E-state index in [9.17, 15) is 8.78 Å². The molecule has 2 aliphatic carbocycles. The predicted octanol–water partition coefficient (Wildman–Crippen LogP) is 8.44. The molecule has 0 heterocycles. The molecule has 30 heavy (non-hydrogen) atoms. The smallest absolute Gasteiger partial charge is 0.144 e. The molecule has 164 valence electrons. The van der Waals surface area contributed by atoms with Gasteiger partial charge in [0.2, 0.25) is 0 Å². The van der Waals surface area contributed by atoms with Gasteiger partial charge in [-0.2, -0.15) is 5.26 Å². The Labute approximate surface area is 181 Å². The van der Waals surface area contributed by atoms with Gasteiger partial charge in [0.1, 0.15) is 23.3 Å². The van der Waals surface area contributed by atoms with E-state index in [2.05, 4.69) is 19.1 Å². The molecule has 2 saturated carbocycles. The molecule has 2 aliphatic rings. The van der Waals surface area contributed by atoms with Gasteiger partial charge in [0, 0.05) is 0 Å². The van der Waals surface area contributed by atoms with Gasteiger partial charge in [-0.3, -0.25) is 0 Å². The van der Waals surface area contributed by atoms with Crippen LogP contribution in [0, 0.1) is 40.7 Å². The summed E-state index contributed by atoms with van der Waals surface area (Å²) >= 11 is 0. The Balaban J connectivity index is 1.40. The Morgan fingerprint density at radius 3 is 1.97 bits per heavy atom. The minimum atomic E-state index is -0.726. The fraction of sp³-hybridized carbons (Fsp3) is 0.667. The molecule has 0 bridgehead atoms. The lowest BCUT2D eigenvalue weighted by molar-refractivity contribution is 0.287. The van der Waals surface area contributed by atoms with Gasteiger partial charge in [-0.05, 0) is 92.7 Å². The second kappa shape index (κ2) is 11.6. The van der Waals surface area contributed by atoms with Crippen LogP contribution in [0.5, 0.6) is 0 Å². The summed E-state index contributed by atoms with van der Waals surface area (Å²) in [6.07, 6.45) is 21.4. The van der Waals surface area contributed by atoms with Crippen LogP contribution < -0.4 is 0 Å². The van der Waals surface area contributed by atoms with Crippen molar-refractivity contribution in [1.29, 1.82) is 5.26 Å². The van der Waals surface area contributed by atoms with E-state index in [0.717, 1.165) is 37.5 Å². The zero-order valence-electron chi connectivity index (χ0n) is 18.5. The third-order valence-electron chi connectivity index (χ3n) is 7.43. The number of benzene rings is 1. The zero-order chi connectivity index (χ0) is 21.3. The van der Waals surface area contributed by atoms with Crippen molar-refractivity contribution in [2.45, 2.75) is 96.3 Å². The summed E-state index contributed by atoms with van der Waals surface area (Å²) in [6, 6.07) is 4.34. The van der Waals surface area contributed by atoms with Crippen molar-refractivity contribution in [3.05, 3.63) is 47.0 Å². The largest absolute Gasteiger partial charge is 0.205 e. The highest BCUT2D eigenvalue weighted by atomic mass is 19.1. The maximum absolute atomic E-state index is 13.9. The van der Waals surface area contributed by atoms with Crippen LogP contribution in [0.15, 0.2) is 24.3 Å². The summed E-state index contributed by atoms with van der Waals surface area (Å²) in [6.45, 7) is 2.27. The molecule has 0 N–H and O–H groups in total. The molecule has 0 spiro atoms. The maximum Gasteiger partial charge on any atom is 0.144 e. The van der Waals surface area contributed by atoms with Crippen molar-refractivity contribution >= 4 is 0 Å². The summed E-state index contributed by atoms with van der Waals surface area (Å²) in [4.78, 5) is 0. The number of nitriles is 1. The normalized spacial score (nSPS) is 27.3. The van der Waals surface area contributed by atoms with E-state index in [1.807, 2.05) is 0 Å². The second-order valence-corrected chi connectivity index (χ2v) is 9.60. The predicted molar refractivity (Wildman–Crippen MR) is 119 cm³/mol. The average molecular weight is 414 g/mol. The second-order valence-electron chi connectivity index (χ2n) is 9.60. The topological polar surface area (TPSA) is 23.8 Å². The zero-order valence-corrected chi connectivity index (χ0v) is 18.5. The molecule has 3 rings (SSSR count). The fourth-order valence-corrected chi connectivity index (χ4v) is 5.42. The maximum atomic E-state index is 13.9.